The molecule has 8 heteroatoms. The number of thiophene rings is 1. The zero-order valence-corrected chi connectivity index (χ0v) is 15.0. The molecular formula is C13H13BrClNO3S2. The molecule has 0 saturated heterocycles. The summed E-state index contributed by atoms with van der Waals surface area (Å²) >= 11 is 10.5. The van der Waals surface area contributed by atoms with Gasteiger partial charge in [-0.25, -0.2) is 13.1 Å². The number of nitrogens with one attached hydrogen (secondary N) is 1. The van der Waals surface area contributed by atoms with E-state index in [9.17, 15) is 8.42 Å². The van der Waals surface area contributed by atoms with Gasteiger partial charge in [0.2, 0.25) is 10.0 Å². The summed E-state index contributed by atoms with van der Waals surface area (Å²) in [5.41, 5.74) is 0. The van der Waals surface area contributed by atoms with Crippen LogP contribution in [0.4, 0.5) is 0 Å². The van der Waals surface area contributed by atoms with Crippen LogP contribution in [0.25, 0.3) is 0 Å². The Hall–Kier alpha value is -0.440. The van der Waals surface area contributed by atoms with Crippen molar-refractivity contribution in [2.75, 3.05) is 13.7 Å². The van der Waals surface area contributed by atoms with Gasteiger partial charge in [-0.15, -0.1) is 11.3 Å². The normalized spacial score (nSPS) is 13.3. The molecule has 114 valence electrons. The SMILES string of the molecule is COC(CNS(=O)(=O)c1ccc(Br)cc1)c1ccc(Cl)s1. The molecule has 0 spiro atoms. The van der Waals surface area contributed by atoms with Crippen LogP contribution in [0.1, 0.15) is 11.0 Å². The molecule has 1 aromatic carbocycles. The summed E-state index contributed by atoms with van der Waals surface area (Å²) in [4.78, 5) is 1.09. The van der Waals surface area contributed by atoms with Crippen molar-refractivity contribution >= 4 is 48.9 Å². The van der Waals surface area contributed by atoms with Crippen molar-refractivity contribution in [2.45, 2.75) is 11.0 Å². The first kappa shape index (κ1) is 16.9. The summed E-state index contributed by atoms with van der Waals surface area (Å²) in [6.45, 7) is 0.145. The first-order valence-electron chi connectivity index (χ1n) is 5.95. The van der Waals surface area contributed by atoms with Crippen LogP contribution in [-0.2, 0) is 14.8 Å². The van der Waals surface area contributed by atoms with E-state index in [2.05, 4.69) is 20.7 Å². The largest absolute Gasteiger partial charge is 0.375 e. The van der Waals surface area contributed by atoms with E-state index in [1.807, 2.05) is 6.07 Å². The van der Waals surface area contributed by atoms with Gasteiger partial charge >= 0.3 is 0 Å². The topological polar surface area (TPSA) is 55.4 Å². The quantitative estimate of drug-likeness (QED) is 0.787. The van der Waals surface area contributed by atoms with Crippen molar-refractivity contribution < 1.29 is 13.2 Å². The summed E-state index contributed by atoms with van der Waals surface area (Å²) in [5, 5.41) is 0. The first-order chi connectivity index (χ1) is 9.92. The summed E-state index contributed by atoms with van der Waals surface area (Å²) in [5.74, 6) is 0. The summed E-state index contributed by atoms with van der Waals surface area (Å²) in [7, 11) is -2.03. The van der Waals surface area contributed by atoms with Crippen molar-refractivity contribution in [3.63, 3.8) is 0 Å². The molecule has 1 heterocycles. The van der Waals surface area contributed by atoms with Gasteiger partial charge in [-0.1, -0.05) is 27.5 Å². The standard InChI is InChI=1S/C13H13BrClNO3S2/c1-19-11(12-6-7-13(15)20-12)8-16-21(17,18)10-4-2-9(14)3-5-10/h2-7,11,16H,8H2,1H3. The van der Waals surface area contributed by atoms with Gasteiger partial charge in [-0.05, 0) is 36.4 Å². The number of halogens is 2. The van der Waals surface area contributed by atoms with E-state index in [1.54, 1.807) is 18.2 Å². The van der Waals surface area contributed by atoms with Gasteiger partial charge in [0.25, 0.3) is 0 Å². The maximum atomic E-state index is 12.2. The molecule has 0 bridgehead atoms. The Balaban J connectivity index is 2.08. The van der Waals surface area contributed by atoms with E-state index in [4.69, 9.17) is 16.3 Å². The Labute approximate surface area is 141 Å². The smallest absolute Gasteiger partial charge is 0.240 e. The van der Waals surface area contributed by atoms with E-state index in [-0.39, 0.29) is 17.5 Å². The number of hydrogen-bond donors (Lipinski definition) is 1. The van der Waals surface area contributed by atoms with Crippen LogP contribution in [0.5, 0.6) is 0 Å². The predicted octanol–water partition coefficient (Wildman–Crippen LogP) is 3.83. The molecule has 0 radical (unpaired) electrons. The van der Waals surface area contributed by atoms with Gasteiger partial charge in [0, 0.05) is 23.0 Å². The van der Waals surface area contributed by atoms with Crippen LogP contribution < -0.4 is 4.72 Å². The first-order valence-corrected chi connectivity index (χ1v) is 9.42. The van der Waals surface area contributed by atoms with E-state index in [0.29, 0.717) is 4.34 Å². The molecule has 0 aliphatic carbocycles. The lowest BCUT2D eigenvalue weighted by Gasteiger charge is -2.14. The van der Waals surface area contributed by atoms with E-state index < -0.39 is 10.0 Å². The third-order valence-electron chi connectivity index (χ3n) is 2.78. The van der Waals surface area contributed by atoms with E-state index in [0.717, 1.165) is 9.35 Å². The third kappa shape index (κ3) is 4.51. The van der Waals surface area contributed by atoms with Crippen molar-refractivity contribution in [2.24, 2.45) is 0 Å². The summed E-state index contributed by atoms with van der Waals surface area (Å²) in [6.07, 6.45) is -0.368. The zero-order chi connectivity index (χ0) is 15.5. The Morgan fingerprint density at radius 1 is 1.29 bits per heavy atom. The minimum Gasteiger partial charge on any atom is -0.375 e. The van der Waals surface area contributed by atoms with Gasteiger partial charge < -0.3 is 4.74 Å². The predicted molar refractivity (Wildman–Crippen MR) is 88.4 cm³/mol. The number of hydrogen-bond acceptors (Lipinski definition) is 4. The van der Waals surface area contributed by atoms with Gasteiger partial charge in [-0.2, -0.15) is 0 Å². The molecule has 1 aromatic heterocycles. The molecular weight excluding hydrogens is 398 g/mol. The van der Waals surface area contributed by atoms with Gasteiger partial charge in [0.05, 0.1) is 9.23 Å². The molecule has 21 heavy (non-hydrogen) atoms. The van der Waals surface area contributed by atoms with E-state index >= 15 is 0 Å². The van der Waals surface area contributed by atoms with Crippen LogP contribution in [-0.4, -0.2) is 22.1 Å². The molecule has 0 aliphatic heterocycles. The molecule has 1 atom stereocenters. The van der Waals surface area contributed by atoms with Gasteiger partial charge in [0.1, 0.15) is 6.10 Å². The number of benzene rings is 1. The fourth-order valence-electron chi connectivity index (χ4n) is 1.68. The Morgan fingerprint density at radius 2 is 1.95 bits per heavy atom. The van der Waals surface area contributed by atoms with Crippen molar-refractivity contribution in [3.8, 4) is 0 Å². The highest BCUT2D eigenvalue weighted by atomic mass is 79.9. The Morgan fingerprint density at radius 3 is 2.48 bits per heavy atom. The maximum Gasteiger partial charge on any atom is 0.240 e. The van der Waals surface area contributed by atoms with Crippen molar-refractivity contribution in [1.29, 1.82) is 0 Å². The Kier molecular flexibility index (Phi) is 5.81. The Bertz CT molecular complexity index is 700. The molecule has 2 rings (SSSR count). The lowest BCUT2D eigenvalue weighted by molar-refractivity contribution is 0.110. The van der Waals surface area contributed by atoms with Gasteiger partial charge in [-0.3, -0.25) is 0 Å². The molecule has 4 nitrogen and oxygen atoms in total. The van der Waals surface area contributed by atoms with Crippen molar-refractivity contribution in [3.05, 3.63) is 50.1 Å². The second-order valence-electron chi connectivity index (χ2n) is 4.17. The average molecular weight is 411 g/mol. The number of methoxy groups -OCH3 is 1. The molecule has 1 unspecified atom stereocenters. The molecule has 0 aliphatic rings. The third-order valence-corrected chi connectivity index (χ3v) is 6.07. The zero-order valence-electron chi connectivity index (χ0n) is 11.0. The number of rotatable bonds is 6. The second kappa shape index (κ2) is 7.21. The van der Waals surface area contributed by atoms with Crippen LogP contribution in [0.2, 0.25) is 4.34 Å². The lowest BCUT2D eigenvalue weighted by atomic mass is 10.3. The van der Waals surface area contributed by atoms with Crippen LogP contribution in [0.15, 0.2) is 45.8 Å². The fraction of sp³-hybridized carbons (Fsp3) is 0.231. The minimum atomic E-state index is -3.56. The highest BCUT2D eigenvalue weighted by molar-refractivity contribution is 9.10. The minimum absolute atomic E-state index is 0.145. The number of sulfonamides is 1. The lowest BCUT2D eigenvalue weighted by Crippen LogP contribution is -2.29. The van der Waals surface area contributed by atoms with Crippen LogP contribution >= 0.6 is 38.9 Å². The molecule has 2 aromatic rings. The highest BCUT2D eigenvalue weighted by Gasteiger charge is 2.19. The number of ether oxygens (including phenoxy) is 1. The maximum absolute atomic E-state index is 12.2. The highest BCUT2D eigenvalue weighted by Crippen LogP contribution is 2.28. The second-order valence-corrected chi connectivity index (χ2v) is 8.60. The monoisotopic (exact) mass is 409 g/mol. The van der Waals surface area contributed by atoms with Crippen LogP contribution in [0.3, 0.4) is 0 Å². The van der Waals surface area contributed by atoms with Crippen LogP contribution in [0, 0.1) is 0 Å². The summed E-state index contributed by atoms with van der Waals surface area (Å²) in [6, 6.07) is 10.0. The van der Waals surface area contributed by atoms with E-state index in [1.165, 1.54) is 30.6 Å². The molecule has 0 amide bonds. The summed E-state index contributed by atoms with van der Waals surface area (Å²) < 4.78 is 33.7. The van der Waals surface area contributed by atoms with Crippen molar-refractivity contribution in [1.82, 2.24) is 4.72 Å². The fourth-order valence-corrected chi connectivity index (χ4v) is 4.12. The molecule has 0 fully saturated rings. The molecule has 0 saturated carbocycles. The average Bonchev–Trinajstić information content (AvgIpc) is 2.86. The van der Waals surface area contributed by atoms with Gasteiger partial charge in [0.15, 0.2) is 0 Å². The molecule has 1 N–H and O–H groups in total.